The maximum Gasteiger partial charge on any atom is 0.338 e. The zero-order valence-electron chi connectivity index (χ0n) is 38.3. The summed E-state index contributed by atoms with van der Waals surface area (Å²) in [7, 11) is -2.26. The number of carbonyl (C=O) groups is 1. The number of nitrogens with zero attached hydrogens (tertiary/aromatic N) is 4. The Labute approximate surface area is 410 Å². The van der Waals surface area contributed by atoms with Crippen molar-refractivity contribution in [3.8, 4) is 22.4 Å². The number of sulfonamides is 1. The molecule has 8 rings (SSSR count). The number of anilines is 4. The second-order valence-corrected chi connectivity index (χ2v) is 21.9. The van der Waals surface area contributed by atoms with Gasteiger partial charge in [-0.05, 0) is 123 Å². The van der Waals surface area contributed by atoms with Gasteiger partial charge in [-0.1, -0.05) is 54.1 Å². The molecule has 5 N–H and O–H groups in total. The van der Waals surface area contributed by atoms with E-state index in [4.69, 9.17) is 11.6 Å². The van der Waals surface area contributed by atoms with E-state index in [0.717, 1.165) is 59.1 Å². The predicted molar refractivity (Wildman–Crippen MR) is 276 cm³/mol. The number of aromatic nitrogens is 1. The van der Waals surface area contributed by atoms with Crippen LogP contribution in [0.25, 0.3) is 22.4 Å². The molecule has 2 aliphatic rings. The smallest absolute Gasteiger partial charge is 0.338 e. The first-order valence-corrected chi connectivity index (χ1v) is 26.6. The molecule has 2 fully saturated rings. The van der Waals surface area contributed by atoms with Crippen molar-refractivity contribution in [3.05, 3.63) is 138 Å². The van der Waals surface area contributed by atoms with E-state index in [-0.39, 0.29) is 21.4 Å². The third-order valence-corrected chi connectivity index (χ3v) is 16.5. The van der Waals surface area contributed by atoms with E-state index in [0.29, 0.717) is 72.4 Å². The van der Waals surface area contributed by atoms with Crippen LogP contribution in [0.1, 0.15) is 42.2 Å². The highest BCUT2D eigenvalue weighted by Crippen LogP contribution is 2.40. The summed E-state index contributed by atoms with van der Waals surface area (Å²) in [5.41, 5.74) is 6.05. The topological polar surface area (TPSA) is 168 Å². The number of benzene rings is 5. The number of likely N-dealkylation sites (tertiary alicyclic amines) is 1. The molecule has 1 unspecified atom stereocenters. The van der Waals surface area contributed by atoms with Crippen LogP contribution in [0.5, 0.6) is 0 Å². The Hall–Kier alpha value is -5.33. The fourth-order valence-corrected chi connectivity index (χ4v) is 11.8. The normalized spacial score (nSPS) is 16.3. The zero-order valence-corrected chi connectivity index (χ0v) is 41.5. The maximum absolute atomic E-state index is 13.7. The van der Waals surface area contributed by atoms with Gasteiger partial charge in [0, 0.05) is 103 Å². The summed E-state index contributed by atoms with van der Waals surface area (Å²) in [5.74, 6) is -0.315. The van der Waals surface area contributed by atoms with Gasteiger partial charge in [-0.3, -0.25) is 4.72 Å². The summed E-state index contributed by atoms with van der Waals surface area (Å²) < 4.78 is 55.2. The number of piperidine rings is 1. The second-order valence-electron chi connectivity index (χ2n) is 17.7. The number of aliphatic hydroxyl groups is 1. The Bertz CT molecular complexity index is 2860. The van der Waals surface area contributed by atoms with Crippen molar-refractivity contribution in [2.45, 2.75) is 59.4 Å². The van der Waals surface area contributed by atoms with E-state index in [1.54, 1.807) is 42.1 Å². The fourth-order valence-electron chi connectivity index (χ4n) is 8.99. The Morgan fingerprint density at radius 1 is 0.838 bits per heavy atom. The van der Waals surface area contributed by atoms with Crippen LogP contribution in [0.3, 0.4) is 0 Å². The van der Waals surface area contributed by atoms with Crippen LogP contribution in [0.2, 0.25) is 5.02 Å². The lowest BCUT2D eigenvalue weighted by Crippen LogP contribution is -2.46. The molecular weight excluding hydrogens is 940 g/mol. The van der Waals surface area contributed by atoms with Crippen LogP contribution >= 0.6 is 23.4 Å². The van der Waals surface area contributed by atoms with Crippen LogP contribution in [0.4, 0.5) is 22.7 Å². The molecule has 3 heterocycles. The molecule has 2 saturated heterocycles. The SMILES string of the molecule is Cc1c(C(=O)O)c(-c2cccc(N3CCN(c4ccc(NS(=O)(=O)c5ccc(N[C@H](CCN6CCC(C)(O)CC6)CSc6ccccc6)c(S(=O)O)c5)cc4)CC3)c2)c(-c2ccc(Cl)cc2)n1C. The number of hydrogen-bond acceptors (Lipinski definition) is 10. The Morgan fingerprint density at radius 2 is 1.50 bits per heavy atom. The predicted octanol–water partition coefficient (Wildman–Crippen LogP) is 9.54. The molecular formula is C51H57ClN6O7S3. The van der Waals surface area contributed by atoms with Crippen molar-refractivity contribution in [2.75, 3.05) is 71.4 Å². The molecule has 358 valence electrons. The number of aromatic carboxylic acids is 1. The molecule has 0 amide bonds. The molecule has 6 aromatic rings. The lowest BCUT2D eigenvalue weighted by molar-refractivity contribution is -0.00556. The van der Waals surface area contributed by atoms with Crippen LogP contribution < -0.4 is 19.8 Å². The average Bonchev–Trinajstić information content (AvgIpc) is 3.60. The Balaban J connectivity index is 0.916. The highest BCUT2D eigenvalue weighted by atomic mass is 35.5. The van der Waals surface area contributed by atoms with Crippen LogP contribution in [0.15, 0.2) is 136 Å². The minimum Gasteiger partial charge on any atom is -0.478 e. The van der Waals surface area contributed by atoms with Crippen molar-refractivity contribution in [2.24, 2.45) is 7.05 Å². The number of carboxylic acids is 1. The Morgan fingerprint density at radius 3 is 2.15 bits per heavy atom. The number of hydrogen-bond donors (Lipinski definition) is 5. The molecule has 0 bridgehead atoms. The number of thioether (sulfide) groups is 1. The first kappa shape index (κ1) is 49.1. The summed E-state index contributed by atoms with van der Waals surface area (Å²) in [6.45, 7) is 8.86. The van der Waals surface area contributed by atoms with E-state index in [2.05, 4.69) is 30.8 Å². The van der Waals surface area contributed by atoms with Gasteiger partial charge in [0.1, 0.15) is 0 Å². The lowest BCUT2D eigenvalue weighted by Gasteiger charge is -2.37. The number of rotatable bonds is 17. The van der Waals surface area contributed by atoms with E-state index in [1.165, 1.54) is 12.1 Å². The zero-order chi connectivity index (χ0) is 48.2. The van der Waals surface area contributed by atoms with Crippen molar-refractivity contribution < 1.29 is 32.2 Å². The summed E-state index contributed by atoms with van der Waals surface area (Å²) in [6.07, 6.45) is 2.13. The third kappa shape index (κ3) is 11.6. The molecule has 1 aromatic heterocycles. The molecule has 5 aromatic carbocycles. The van der Waals surface area contributed by atoms with Gasteiger partial charge in [0.15, 0.2) is 11.1 Å². The summed E-state index contributed by atoms with van der Waals surface area (Å²) in [4.78, 5) is 20.4. The molecule has 13 nitrogen and oxygen atoms in total. The second kappa shape index (κ2) is 21.1. The van der Waals surface area contributed by atoms with Crippen LogP contribution in [-0.2, 0) is 28.2 Å². The first-order valence-electron chi connectivity index (χ1n) is 22.6. The standard InChI is InChI=1S/C51H57ClN6O7S3/c1-35-47(50(59)60)48(49(55(35)3)36-12-14-38(52)15-13-36)37-8-7-9-42(32-37)58-30-28-57(29-31-58)41-18-16-39(17-19-41)54-68(64,65)44-20-21-45(46(33-44)67(62)63)53-40(34-66-43-10-5-4-6-11-43)22-25-56-26-23-51(2,61)24-27-56/h4-21,32-33,40,53-54,61H,22-31,34H2,1-3H3,(H,59,60)(H,62,63)/t40-/m1/s1. The summed E-state index contributed by atoms with van der Waals surface area (Å²) in [5, 5.41) is 24.9. The van der Waals surface area contributed by atoms with Gasteiger partial charge in [-0.2, -0.15) is 0 Å². The number of halogens is 1. The van der Waals surface area contributed by atoms with Gasteiger partial charge in [-0.25, -0.2) is 17.4 Å². The van der Waals surface area contributed by atoms with E-state index < -0.39 is 32.7 Å². The highest BCUT2D eigenvalue weighted by Gasteiger charge is 2.29. The minimum atomic E-state index is -4.14. The van der Waals surface area contributed by atoms with E-state index >= 15 is 0 Å². The van der Waals surface area contributed by atoms with E-state index in [1.807, 2.05) is 98.3 Å². The molecule has 2 aliphatic heterocycles. The third-order valence-electron chi connectivity index (χ3n) is 13.0. The number of carboxylic acid groups (broad SMARTS) is 1. The largest absolute Gasteiger partial charge is 0.478 e. The molecule has 0 saturated carbocycles. The van der Waals surface area contributed by atoms with Gasteiger partial charge < -0.3 is 39.3 Å². The molecule has 17 heteroatoms. The molecule has 0 aliphatic carbocycles. The summed E-state index contributed by atoms with van der Waals surface area (Å²) >= 11 is 5.40. The molecule has 0 spiro atoms. The van der Waals surface area contributed by atoms with Gasteiger partial charge in [0.05, 0.1) is 32.3 Å². The van der Waals surface area contributed by atoms with Crippen molar-refractivity contribution in [1.29, 1.82) is 0 Å². The quantitative estimate of drug-likeness (QED) is 0.0435. The van der Waals surface area contributed by atoms with Gasteiger partial charge in [0.2, 0.25) is 0 Å². The first-order chi connectivity index (χ1) is 32.5. The monoisotopic (exact) mass is 996 g/mol. The molecule has 68 heavy (non-hydrogen) atoms. The Kier molecular flexibility index (Phi) is 15.3. The van der Waals surface area contributed by atoms with Crippen molar-refractivity contribution >= 4 is 73.2 Å². The lowest BCUT2D eigenvalue weighted by atomic mass is 9.94. The number of piperazine rings is 1. The van der Waals surface area contributed by atoms with E-state index in [9.17, 15) is 32.2 Å². The van der Waals surface area contributed by atoms with Gasteiger partial charge in [-0.15, -0.1) is 11.8 Å². The molecule has 2 atom stereocenters. The average molecular weight is 998 g/mol. The van der Waals surface area contributed by atoms with Crippen LogP contribution in [-0.4, -0.2) is 106 Å². The van der Waals surface area contributed by atoms with Gasteiger partial charge in [0.25, 0.3) is 10.0 Å². The van der Waals surface area contributed by atoms with Crippen LogP contribution in [0, 0.1) is 6.92 Å². The highest BCUT2D eigenvalue weighted by molar-refractivity contribution is 7.99. The summed E-state index contributed by atoms with van der Waals surface area (Å²) in [6, 6.07) is 36.8. The van der Waals surface area contributed by atoms with Crippen molar-refractivity contribution in [3.63, 3.8) is 0 Å². The van der Waals surface area contributed by atoms with Crippen molar-refractivity contribution in [1.82, 2.24) is 9.47 Å². The minimum absolute atomic E-state index is 0.0271. The number of nitrogens with one attached hydrogen (secondary N) is 2. The maximum atomic E-state index is 13.7. The molecule has 0 radical (unpaired) electrons. The van der Waals surface area contributed by atoms with Gasteiger partial charge >= 0.3 is 5.97 Å². The fraction of sp³-hybridized carbons (Fsp3) is 0.314.